The summed E-state index contributed by atoms with van der Waals surface area (Å²) >= 11 is 3.48. The molecule has 0 unspecified atom stereocenters. The molecule has 0 aliphatic rings. The number of halogens is 1. The van der Waals surface area contributed by atoms with E-state index in [1.165, 1.54) is 7.11 Å². The highest BCUT2D eigenvalue weighted by Gasteiger charge is 2.31. The van der Waals surface area contributed by atoms with Crippen molar-refractivity contribution >= 4 is 21.6 Å². The van der Waals surface area contributed by atoms with Crippen LogP contribution in [0.25, 0.3) is 11.1 Å². The van der Waals surface area contributed by atoms with Crippen LogP contribution in [0.4, 0.5) is 5.69 Å². The van der Waals surface area contributed by atoms with E-state index in [4.69, 9.17) is 9.47 Å². The molecule has 3 aromatic carbocycles. The molecule has 0 aliphatic carbocycles. The van der Waals surface area contributed by atoms with E-state index in [-0.39, 0.29) is 0 Å². The van der Waals surface area contributed by atoms with Crippen molar-refractivity contribution in [1.29, 1.82) is 0 Å². The fourth-order valence-electron chi connectivity index (χ4n) is 3.32. The molecule has 5 nitrogen and oxygen atoms in total. The minimum Gasteiger partial charge on any atom is -0.497 e. The van der Waals surface area contributed by atoms with Crippen LogP contribution in [-0.4, -0.2) is 19.8 Å². The molecule has 0 heterocycles. The van der Waals surface area contributed by atoms with Crippen molar-refractivity contribution in [3.05, 3.63) is 72.9 Å². The van der Waals surface area contributed by atoms with E-state index in [9.17, 15) is 9.59 Å². The molecule has 0 spiro atoms. The number of rotatable bonds is 7. The van der Waals surface area contributed by atoms with Gasteiger partial charge in [-0.25, -0.2) is 0 Å². The summed E-state index contributed by atoms with van der Waals surface area (Å²) in [5.74, 6) is 1.05. The standard InChI is InChI=1S/C22H22BrNO4/c1-22(2,12-13-8-6-5-7-9-13)24-19-18(20(25)21(19)26)17-15(23)10-14(27-3)11-16(17)28-4/h5-11,24H,12H2,1-4H3. The summed E-state index contributed by atoms with van der Waals surface area (Å²) in [6.07, 6.45) is 0.701. The van der Waals surface area contributed by atoms with Crippen LogP contribution in [0.2, 0.25) is 0 Å². The Kier molecular flexibility index (Phi) is 5.61. The maximum absolute atomic E-state index is 12.4. The number of ether oxygens (including phenoxy) is 2. The minimum atomic E-state index is -0.526. The van der Waals surface area contributed by atoms with E-state index < -0.39 is 16.4 Å². The molecule has 0 saturated heterocycles. The van der Waals surface area contributed by atoms with Crippen LogP contribution < -0.4 is 25.6 Å². The molecule has 0 amide bonds. The molecule has 3 aromatic rings. The third kappa shape index (κ3) is 3.83. The van der Waals surface area contributed by atoms with Crippen molar-refractivity contribution in [2.24, 2.45) is 0 Å². The van der Waals surface area contributed by atoms with Crippen molar-refractivity contribution in [1.82, 2.24) is 0 Å². The van der Waals surface area contributed by atoms with Crippen LogP contribution >= 0.6 is 15.9 Å². The molecule has 6 heteroatoms. The first-order chi connectivity index (χ1) is 13.3. The van der Waals surface area contributed by atoms with Gasteiger partial charge in [0.25, 0.3) is 0 Å². The van der Waals surface area contributed by atoms with E-state index in [0.29, 0.717) is 39.2 Å². The van der Waals surface area contributed by atoms with Crippen LogP contribution in [0.1, 0.15) is 19.4 Å². The van der Waals surface area contributed by atoms with Gasteiger partial charge in [-0.15, -0.1) is 0 Å². The van der Waals surface area contributed by atoms with Crippen molar-refractivity contribution in [3.63, 3.8) is 0 Å². The highest BCUT2D eigenvalue weighted by molar-refractivity contribution is 9.10. The molecular weight excluding hydrogens is 422 g/mol. The largest absolute Gasteiger partial charge is 0.497 e. The highest BCUT2D eigenvalue weighted by Crippen LogP contribution is 2.42. The summed E-state index contributed by atoms with van der Waals surface area (Å²) in [7, 11) is 3.07. The van der Waals surface area contributed by atoms with Gasteiger partial charge in [-0.2, -0.15) is 0 Å². The Bertz CT molecular complexity index is 1070. The summed E-state index contributed by atoms with van der Waals surface area (Å²) in [6.45, 7) is 4.00. The summed E-state index contributed by atoms with van der Waals surface area (Å²) < 4.78 is 11.3. The quantitative estimate of drug-likeness (QED) is 0.555. The maximum atomic E-state index is 12.4. The monoisotopic (exact) mass is 443 g/mol. The molecule has 28 heavy (non-hydrogen) atoms. The second-order valence-electron chi connectivity index (χ2n) is 7.27. The van der Waals surface area contributed by atoms with Crippen LogP contribution in [0, 0.1) is 0 Å². The molecule has 0 radical (unpaired) electrons. The smallest absolute Gasteiger partial charge is 0.250 e. The van der Waals surface area contributed by atoms with E-state index in [0.717, 1.165) is 5.56 Å². The molecule has 0 atom stereocenters. The Morgan fingerprint density at radius 1 is 0.964 bits per heavy atom. The molecular formula is C22H22BrNO4. The summed E-state index contributed by atoms with van der Waals surface area (Å²) in [6, 6.07) is 13.4. The maximum Gasteiger partial charge on any atom is 0.250 e. The van der Waals surface area contributed by atoms with Gasteiger partial charge in [-0.3, -0.25) is 9.59 Å². The normalized spacial score (nSPS) is 11.5. The summed E-state index contributed by atoms with van der Waals surface area (Å²) in [4.78, 5) is 24.8. The van der Waals surface area contributed by atoms with Gasteiger partial charge < -0.3 is 14.8 Å². The number of nitrogens with one attached hydrogen (secondary N) is 1. The molecule has 146 valence electrons. The van der Waals surface area contributed by atoms with Crippen LogP contribution in [-0.2, 0) is 6.42 Å². The van der Waals surface area contributed by atoms with Gasteiger partial charge in [0.15, 0.2) is 0 Å². The van der Waals surface area contributed by atoms with E-state index >= 15 is 0 Å². The summed E-state index contributed by atoms with van der Waals surface area (Å²) in [5, 5.41) is 3.28. The predicted molar refractivity (Wildman–Crippen MR) is 115 cm³/mol. The fourth-order valence-corrected chi connectivity index (χ4v) is 3.94. The van der Waals surface area contributed by atoms with E-state index in [2.05, 4.69) is 21.2 Å². The lowest BCUT2D eigenvalue weighted by Gasteiger charge is -2.30. The lowest BCUT2D eigenvalue weighted by molar-refractivity contribution is 0.395. The Hall–Kier alpha value is -2.60. The second kappa shape index (κ2) is 7.80. The van der Waals surface area contributed by atoms with E-state index in [1.54, 1.807) is 19.2 Å². The van der Waals surface area contributed by atoms with Gasteiger partial charge in [0.05, 0.1) is 25.5 Å². The Morgan fingerprint density at radius 2 is 1.64 bits per heavy atom. The second-order valence-corrected chi connectivity index (χ2v) is 8.12. The van der Waals surface area contributed by atoms with Crippen LogP contribution in [0.15, 0.2) is 56.5 Å². The number of benzene rings is 2. The number of anilines is 1. The van der Waals surface area contributed by atoms with Crippen molar-refractivity contribution in [2.45, 2.75) is 25.8 Å². The Morgan fingerprint density at radius 3 is 2.25 bits per heavy atom. The zero-order valence-electron chi connectivity index (χ0n) is 16.3. The first-order valence-corrected chi connectivity index (χ1v) is 9.64. The zero-order chi connectivity index (χ0) is 20.5. The lowest BCUT2D eigenvalue weighted by atomic mass is 9.91. The van der Waals surface area contributed by atoms with Gasteiger partial charge >= 0.3 is 0 Å². The average molecular weight is 444 g/mol. The predicted octanol–water partition coefficient (Wildman–Crippen LogP) is 4.16. The molecule has 0 bridgehead atoms. The van der Waals surface area contributed by atoms with Crippen LogP contribution in [0.3, 0.4) is 0 Å². The first-order valence-electron chi connectivity index (χ1n) is 8.84. The van der Waals surface area contributed by atoms with Gasteiger partial charge in [0.2, 0.25) is 10.9 Å². The van der Waals surface area contributed by atoms with Crippen molar-refractivity contribution < 1.29 is 9.47 Å². The average Bonchev–Trinajstić information content (AvgIpc) is 2.68. The lowest BCUT2D eigenvalue weighted by Crippen LogP contribution is -2.43. The topological polar surface area (TPSA) is 64.6 Å². The molecule has 0 aromatic heterocycles. The molecule has 1 N–H and O–H groups in total. The van der Waals surface area contributed by atoms with E-state index in [1.807, 2.05) is 44.2 Å². The van der Waals surface area contributed by atoms with Crippen molar-refractivity contribution in [3.8, 4) is 22.6 Å². The number of hydrogen-bond donors (Lipinski definition) is 1. The minimum absolute atomic E-state index is 0.315. The highest BCUT2D eigenvalue weighted by atomic mass is 79.9. The van der Waals surface area contributed by atoms with Gasteiger partial charge in [-0.05, 0) is 47.8 Å². The van der Waals surface area contributed by atoms with Gasteiger partial charge in [0, 0.05) is 21.6 Å². The number of hydrogen-bond acceptors (Lipinski definition) is 5. The van der Waals surface area contributed by atoms with Gasteiger partial charge in [-0.1, -0.05) is 30.3 Å². The number of methoxy groups -OCH3 is 2. The fraction of sp³-hybridized carbons (Fsp3) is 0.273. The molecule has 0 saturated carbocycles. The van der Waals surface area contributed by atoms with Crippen LogP contribution in [0.5, 0.6) is 11.5 Å². The molecule has 3 rings (SSSR count). The van der Waals surface area contributed by atoms with Gasteiger partial charge in [0.1, 0.15) is 11.5 Å². The third-order valence-electron chi connectivity index (χ3n) is 4.60. The van der Waals surface area contributed by atoms with Crippen molar-refractivity contribution in [2.75, 3.05) is 19.5 Å². The Balaban J connectivity index is 2.00. The SMILES string of the molecule is COc1cc(Br)c(-c2c(NC(C)(C)Cc3ccccc3)c(=O)c2=O)c(OC)c1. The zero-order valence-corrected chi connectivity index (χ0v) is 17.8. The molecule has 0 aliphatic heterocycles. The third-order valence-corrected chi connectivity index (χ3v) is 5.22. The first kappa shape index (κ1) is 20.1. The Labute approximate surface area is 172 Å². The molecule has 0 fully saturated rings. The summed E-state index contributed by atoms with van der Waals surface area (Å²) in [5.41, 5.74) is 0.870.